The third-order valence-electron chi connectivity index (χ3n) is 3.69. The zero-order valence-electron chi connectivity index (χ0n) is 15.5. The van der Waals surface area contributed by atoms with Crippen LogP contribution in [0.4, 0.5) is 0 Å². The average molecular weight is 381 g/mol. The van der Waals surface area contributed by atoms with Gasteiger partial charge in [0.15, 0.2) is 0 Å². The van der Waals surface area contributed by atoms with Crippen molar-refractivity contribution < 1.29 is 23.8 Å². The van der Waals surface area contributed by atoms with E-state index in [1.54, 1.807) is 38.1 Å². The summed E-state index contributed by atoms with van der Waals surface area (Å²) in [5.41, 5.74) is -0.590. The van der Waals surface area contributed by atoms with E-state index in [0.717, 1.165) is 5.56 Å². The standard InChI is InChI=1S/C20H25ClO5/c1-19(2,23)13-25-20(3,4)11-12-24-18(22)17-10-9-16(26-17)14-5-7-15(21)8-6-14/h5-10,23H,11-13H2,1-4H3. The van der Waals surface area contributed by atoms with Gasteiger partial charge in [0.05, 0.1) is 24.4 Å². The van der Waals surface area contributed by atoms with E-state index in [2.05, 4.69) is 0 Å². The van der Waals surface area contributed by atoms with Crippen LogP contribution in [0.1, 0.15) is 44.7 Å². The van der Waals surface area contributed by atoms with Crippen molar-refractivity contribution in [3.63, 3.8) is 0 Å². The van der Waals surface area contributed by atoms with Crippen LogP contribution in [0.25, 0.3) is 11.3 Å². The molecule has 0 radical (unpaired) electrons. The van der Waals surface area contributed by atoms with Crippen LogP contribution in [-0.4, -0.2) is 35.5 Å². The molecule has 0 saturated carbocycles. The highest BCUT2D eigenvalue weighted by Crippen LogP contribution is 2.24. The Labute approximate surface area is 158 Å². The van der Waals surface area contributed by atoms with Crippen LogP contribution in [0, 0.1) is 0 Å². The van der Waals surface area contributed by atoms with E-state index in [4.69, 9.17) is 25.5 Å². The zero-order valence-corrected chi connectivity index (χ0v) is 16.3. The number of esters is 1. The van der Waals surface area contributed by atoms with Crippen LogP contribution in [0.3, 0.4) is 0 Å². The molecule has 2 aromatic rings. The molecule has 6 heteroatoms. The van der Waals surface area contributed by atoms with E-state index in [1.807, 2.05) is 26.0 Å². The summed E-state index contributed by atoms with van der Waals surface area (Å²) in [5, 5.41) is 10.4. The fourth-order valence-corrected chi connectivity index (χ4v) is 2.25. The van der Waals surface area contributed by atoms with Gasteiger partial charge in [0.25, 0.3) is 0 Å². The van der Waals surface area contributed by atoms with E-state index in [0.29, 0.717) is 17.2 Å². The Morgan fingerprint density at radius 1 is 1.12 bits per heavy atom. The van der Waals surface area contributed by atoms with E-state index in [-0.39, 0.29) is 19.0 Å². The van der Waals surface area contributed by atoms with Gasteiger partial charge in [-0.25, -0.2) is 4.79 Å². The Kier molecular flexibility index (Phi) is 6.50. The smallest absolute Gasteiger partial charge is 0.374 e. The van der Waals surface area contributed by atoms with Gasteiger partial charge in [0.1, 0.15) is 5.76 Å². The van der Waals surface area contributed by atoms with Crippen molar-refractivity contribution in [3.05, 3.63) is 47.2 Å². The first kappa shape index (κ1) is 20.5. The monoisotopic (exact) mass is 380 g/mol. The Morgan fingerprint density at radius 2 is 1.77 bits per heavy atom. The Balaban J connectivity index is 1.86. The number of hydrogen-bond donors (Lipinski definition) is 1. The molecule has 1 aromatic heterocycles. The number of carbonyl (C=O) groups is 1. The lowest BCUT2D eigenvalue weighted by atomic mass is 10.1. The lowest BCUT2D eigenvalue weighted by Gasteiger charge is -2.29. The number of halogens is 1. The molecule has 0 saturated heterocycles. The highest BCUT2D eigenvalue weighted by atomic mass is 35.5. The van der Waals surface area contributed by atoms with E-state index < -0.39 is 17.2 Å². The van der Waals surface area contributed by atoms with E-state index in [1.165, 1.54) is 0 Å². The van der Waals surface area contributed by atoms with Crippen molar-refractivity contribution in [2.24, 2.45) is 0 Å². The minimum Gasteiger partial charge on any atom is -0.460 e. The molecule has 0 bridgehead atoms. The maximum absolute atomic E-state index is 12.1. The van der Waals surface area contributed by atoms with Gasteiger partial charge in [-0.3, -0.25) is 0 Å². The number of furan rings is 1. The van der Waals surface area contributed by atoms with Gasteiger partial charge in [0, 0.05) is 17.0 Å². The lowest BCUT2D eigenvalue weighted by Crippen LogP contribution is -2.35. The molecular weight excluding hydrogens is 356 g/mol. The molecule has 0 aliphatic rings. The Morgan fingerprint density at radius 3 is 2.38 bits per heavy atom. The minimum atomic E-state index is -0.903. The van der Waals surface area contributed by atoms with Crippen LogP contribution in [0.2, 0.25) is 5.02 Å². The lowest BCUT2D eigenvalue weighted by molar-refractivity contribution is -0.0986. The second-order valence-electron chi connectivity index (χ2n) is 7.42. The molecule has 1 aromatic carbocycles. The largest absolute Gasteiger partial charge is 0.460 e. The summed E-state index contributed by atoms with van der Waals surface area (Å²) in [5.74, 6) is 0.191. The molecule has 0 atom stereocenters. The van der Waals surface area contributed by atoms with Crippen LogP contribution in [0.15, 0.2) is 40.8 Å². The van der Waals surface area contributed by atoms with E-state index in [9.17, 15) is 9.90 Å². The summed E-state index contributed by atoms with van der Waals surface area (Å²) in [4.78, 5) is 12.1. The number of aliphatic hydroxyl groups is 1. The summed E-state index contributed by atoms with van der Waals surface area (Å²) in [6.45, 7) is 7.53. The third-order valence-corrected chi connectivity index (χ3v) is 3.94. The summed E-state index contributed by atoms with van der Waals surface area (Å²) in [6.07, 6.45) is 0.500. The zero-order chi connectivity index (χ0) is 19.4. The van der Waals surface area contributed by atoms with Gasteiger partial charge in [-0.1, -0.05) is 11.6 Å². The number of hydrogen-bond acceptors (Lipinski definition) is 5. The van der Waals surface area contributed by atoms with Crippen molar-refractivity contribution >= 4 is 17.6 Å². The third kappa shape index (κ3) is 6.48. The number of carbonyl (C=O) groups excluding carboxylic acids is 1. The van der Waals surface area contributed by atoms with Crippen molar-refractivity contribution in [1.29, 1.82) is 0 Å². The average Bonchev–Trinajstić information content (AvgIpc) is 3.03. The maximum Gasteiger partial charge on any atom is 0.374 e. The number of ether oxygens (including phenoxy) is 2. The molecule has 26 heavy (non-hydrogen) atoms. The van der Waals surface area contributed by atoms with Crippen LogP contribution >= 0.6 is 11.6 Å². The molecule has 0 spiro atoms. The topological polar surface area (TPSA) is 68.9 Å². The molecule has 0 unspecified atom stereocenters. The Hall–Kier alpha value is -1.82. The van der Waals surface area contributed by atoms with Crippen molar-refractivity contribution in [2.45, 2.75) is 45.3 Å². The quantitative estimate of drug-likeness (QED) is 0.671. The van der Waals surface area contributed by atoms with Crippen molar-refractivity contribution in [1.82, 2.24) is 0 Å². The predicted molar refractivity (Wildman–Crippen MR) is 100 cm³/mol. The molecule has 5 nitrogen and oxygen atoms in total. The minimum absolute atomic E-state index is 0.144. The number of rotatable bonds is 8. The van der Waals surface area contributed by atoms with Crippen molar-refractivity contribution in [2.75, 3.05) is 13.2 Å². The molecule has 0 fully saturated rings. The number of benzene rings is 1. The van der Waals surface area contributed by atoms with E-state index >= 15 is 0 Å². The van der Waals surface area contributed by atoms with Crippen molar-refractivity contribution in [3.8, 4) is 11.3 Å². The molecule has 0 aliphatic carbocycles. The second kappa shape index (κ2) is 8.25. The highest BCUT2D eigenvalue weighted by molar-refractivity contribution is 6.30. The first-order valence-corrected chi connectivity index (χ1v) is 8.83. The molecule has 0 aliphatic heterocycles. The first-order valence-electron chi connectivity index (χ1n) is 8.45. The van der Waals surface area contributed by atoms with Crippen LogP contribution < -0.4 is 0 Å². The van der Waals surface area contributed by atoms with Gasteiger partial charge in [0.2, 0.25) is 5.76 Å². The van der Waals surface area contributed by atoms with Crippen LogP contribution in [-0.2, 0) is 9.47 Å². The molecule has 2 rings (SSSR count). The molecular formula is C20H25ClO5. The second-order valence-corrected chi connectivity index (χ2v) is 7.85. The van der Waals surface area contributed by atoms with Crippen LogP contribution in [0.5, 0.6) is 0 Å². The summed E-state index contributed by atoms with van der Waals surface area (Å²) < 4.78 is 16.5. The predicted octanol–water partition coefficient (Wildman–Crippen LogP) is 4.71. The van der Waals surface area contributed by atoms with Gasteiger partial charge in [-0.15, -0.1) is 0 Å². The molecule has 142 valence electrons. The normalized spacial score (nSPS) is 12.2. The molecule has 1 N–H and O–H groups in total. The summed E-state index contributed by atoms with van der Waals surface area (Å²) >= 11 is 5.87. The van der Waals surface area contributed by atoms with Gasteiger partial charge in [-0.2, -0.15) is 0 Å². The fourth-order valence-electron chi connectivity index (χ4n) is 2.12. The molecule has 1 heterocycles. The first-order chi connectivity index (χ1) is 12.1. The summed E-state index contributed by atoms with van der Waals surface area (Å²) in [6, 6.07) is 10.5. The highest BCUT2D eigenvalue weighted by Gasteiger charge is 2.24. The molecule has 0 amide bonds. The Bertz CT molecular complexity index is 725. The van der Waals surface area contributed by atoms with Gasteiger partial charge >= 0.3 is 5.97 Å². The maximum atomic E-state index is 12.1. The SMILES string of the molecule is CC(C)(O)COC(C)(C)CCOC(=O)c1ccc(-c2ccc(Cl)cc2)o1. The van der Waals surface area contributed by atoms with Gasteiger partial charge < -0.3 is 19.0 Å². The summed E-state index contributed by atoms with van der Waals surface area (Å²) in [7, 11) is 0. The van der Waals surface area contributed by atoms with Gasteiger partial charge in [-0.05, 0) is 64.1 Å². The fraction of sp³-hybridized carbons (Fsp3) is 0.450.